The average Bonchev–Trinajstić information content (AvgIpc) is 2.87. The Bertz CT molecular complexity index is 330. The molecule has 1 aliphatic rings. The monoisotopic (exact) mass is 285 g/mol. The van der Waals surface area contributed by atoms with E-state index in [9.17, 15) is 0 Å². The molecular formula is C13H20BrNO. The van der Waals surface area contributed by atoms with Gasteiger partial charge in [0.05, 0.1) is 6.04 Å². The molecule has 1 heterocycles. The van der Waals surface area contributed by atoms with Crippen LogP contribution in [0.4, 0.5) is 0 Å². The van der Waals surface area contributed by atoms with Gasteiger partial charge in [0.2, 0.25) is 0 Å². The Labute approximate surface area is 106 Å². The van der Waals surface area contributed by atoms with Gasteiger partial charge in [-0.25, -0.2) is 0 Å². The van der Waals surface area contributed by atoms with Crippen LogP contribution in [-0.2, 0) is 0 Å². The molecule has 1 saturated carbocycles. The number of hydrogen-bond donors (Lipinski definition) is 1. The summed E-state index contributed by atoms with van der Waals surface area (Å²) in [5, 5.41) is 3.64. The van der Waals surface area contributed by atoms with Crippen molar-refractivity contribution in [2.75, 3.05) is 0 Å². The highest BCUT2D eigenvalue weighted by Gasteiger charge is 2.23. The van der Waals surface area contributed by atoms with E-state index >= 15 is 0 Å². The highest BCUT2D eigenvalue weighted by Crippen LogP contribution is 2.29. The van der Waals surface area contributed by atoms with Gasteiger partial charge in [-0.3, -0.25) is 0 Å². The maximum Gasteiger partial charge on any atom is 0.169 e. The quantitative estimate of drug-likeness (QED) is 0.894. The summed E-state index contributed by atoms with van der Waals surface area (Å²) in [6.07, 6.45) is 5.56. The predicted molar refractivity (Wildman–Crippen MR) is 69.4 cm³/mol. The van der Waals surface area contributed by atoms with Crippen LogP contribution in [0.1, 0.15) is 51.3 Å². The van der Waals surface area contributed by atoms with Crippen LogP contribution < -0.4 is 5.32 Å². The number of nitrogens with one attached hydrogen (secondary N) is 1. The SMILES string of the molecule is CC(NC(C)C1CCCC1)c1ccc(Br)o1. The summed E-state index contributed by atoms with van der Waals surface area (Å²) in [5.41, 5.74) is 0. The van der Waals surface area contributed by atoms with E-state index in [-0.39, 0.29) is 0 Å². The molecule has 1 aromatic heterocycles. The zero-order valence-electron chi connectivity index (χ0n) is 10.0. The molecule has 0 bridgehead atoms. The lowest BCUT2D eigenvalue weighted by molar-refractivity contribution is 0.324. The minimum absolute atomic E-state index is 0.293. The van der Waals surface area contributed by atoms with Crippen molar-refractivity contribution in [2.45, 2.75) is 51.6 Å². The molecule has 0 radical (unpaired) electrons. The van der Waals surface area contributed by atoms with Crippen LogP contribution in [0.2, 0.25) is 0 Å². The molecule has 16 heavy (non-hydrogen) atoms. The lowest BCUT2D eigenvalue weighted by Gasteiger charge is -2.23. The van der Waals surface area contributed by atoms with Gasteiger partial charge in [0, 0.05) is 6.04 Å². The van der Waals surface area contributed by atoms with Crippen molar-refractivity contribution >= 4 is 15.9 Å². The van der Waals surface area contributed by atoms with E-state index < -0.39 is 0 Å². The third kappa shape index (κ3) is 2.89. The molecule has 90 valence electrons. The van der Waals surface area contributed by atoms with Gasteiger partial charge in [-0.05, 0) is 60.7 Å². The van der Waals surface area contributed by atoms with Crippen LogP contribution >= 0.6 is 15.9 Å². The van der Waals surface area contributed by atoms with Gasteiger partial charge < -0.3 is 9.73 Å². The maximum absolute atomic E-state index is 5.56. The van der Waals surface area contributed by atoms with E-state index in [2.05, 4.69) is 35.1 Å². The van der Waals surface area contributed by atoms with Crippen molar-refractivity contribution in [2.24, 2.45) is 5.92 Å². The van der Waals surface area contributed by atoms with Gasteiger partial charge in [0.15, 0.2) is 4.67 Å². The lowest BCUT2D eigenvalue weighted by atomic mass is 9.99. The molecule has 0 saturated heterocycles. The maximum atomic E-state index is 5.56. The lowest BCUT2D eigenvalue weighted by Crippen LogP contribution is -2.34. The Kier molecular flexibility index (Phi) is 4.09. The van der Waals surface area contributed by atoms with Gasteiger partial charge >= 0.3 is 0 Å². The second-order valence-corrected chi connectivity index (χ2v) is 5.65. The summed E-state index contributed by atoms with van der Waals surface area (Å²) in [4.78, 5) is 0. The number of hydrogen-bond acceptors (Lipinski definition) is 2. The fourth-order valence-electron chi connectivity index (χ4n) is 2.63. The third-order valence-corrected chi connectivity index (χ3v) is 4.07. The van der Waals surface area contributed by atoms with E-state index in [1.165, 1.54) is 25.7 Å². The molecule has 1 N–H and O–H groups in total. The first-order chi connectivity index (χ1) is 7.66. The Hall–Kier alpha value is -0.280. The molecular weight excluding hydrogens is 266 g/mol. The average molecular weight is 286 g/mol. The van der Waals surface area contributed by atoms with Crippen molar-refractivity contribution in [3.05, 3.63) is 22.6 Å². The van der Waals surface area contributed by atoms with Crippen molar-refractivity contribution < 1.29 is 4.42 Å². The van der Waals surface area contributed by atoms with Crippen LogP contribution in [0, 0.1) is 5.92 Å². The zero-order chi connectivity index (χ0) is 11.5. The zero-order valence-corrected chi connectivity index (χ0v) is 11.6. The Balaban J connectivity index is 1.88. The predicted octanol–water partition coefficient (Wildman–Crippen LogP) is 4.27. The van der Waals surface area contributed by atoms with E-state index in [1.54, 1.807) is 0 Å². The molecule has 0 amide bonds. The van der Waals surface area contributed by atoms with E-state index in [4.69, 9.17) is 4.42 Å². The van der Waals surface area contributed by atoms with Gasteiger partial charge in [0.25, 0.3) is 0 Å². The number of rotatable bonds is 4. The summed E-state index contributed by atoms with van der Waals surface area (Å²) >= 11 is 3.34. The van der Waals surface area contributed by atoms with Crippen molar-refractivity contribution in [3.8, 4) is 0 Å². The van der Waals surface area contributed by atoms with Gasteiger partial charge in [0.1, 0.15) is 5.76 Å². The van der Waals surface area contributed by atoms with Crippen LogP contribution in [-0.4, -0.2) is 6.04 Å². The van der Waals surface area contributed by atoms with Crippen molar-refractivity contribution in [1.82, 2.24) is 5.32 Å². The molecule has 1 fully saturated rings. The third-order valence-electron chi connectivity index (χ3n) is 3.64. The topological polar surface area (TPSA) is 25.2 Å². The second-order valence-electron chi connectivity index (χ2n) is 4.86. The fourth-order valence-corrected chi connectivity index (χ4v) is 2.95. The molecule has 3 heteroatoms. The molecule has 0 aromatic carbocycles. The molecule has 0 aliphatic heterocycles. The van der Waals surface area contributed by atoms with Crippen LogP contribution in [0.5, 0.6) is 0 Å². The molecule has 2 rings (SSSR count). The minimum Gasteiger partial charge on any atom is -0.453 e. The molecule has 1 aromatic rings. The normalized spacial score (nSPS) is 21.2. The van der Waals surface area contributed by atoms with Crippen molar-refractivity contribution in [1.29, 1.82) is 0 Å². The Morgan fingerprint density at radius 1 is 1.31 bits per heavy atom. The first kappa shape index (κ1) is 12.2. The fraction of sp³-hybridized carbons (Fsp3) is 0.692. The van der Waals surface area contributed by atoms with Crippen molar-refractivity contribution in [3.63, 3.8) is 0 Å². The van der Waals surface area contributed by atoms with Gasteiger partial charge in [-0.15, -0.1) is 0 Å². The summed E-state index contributed by atoms with van der Waals surface area (Å²) in [7, 11) is 0. The van der Waals surface area contributed by atoms with Gasteiger partial charge in [-0.2, -0.15) is 0 Å². The summed E-state index contributed by atoms with van der Waals surface area (Å²) < 4.78 is 6.37. The van der Waals surface area contributed by atoms with Gasteiger partial charge in [-0.1, -0.05) is 12.8 Å². The standard InChI is InChI=1S/C13H20BrNO/c1-9(11-5-3-4-6-11)15-10(2)12-7-8-13(14)16-12/h7-11,15H,3-6H2,1-2H3. The smallest absolute Gasteiger partial charge is 0.169 e. The molecule has 1 aliphatic carbocycles. The van der Waals surface area contributed by atoms with E-state index in [1.807, 2.05) is 12.1 Å². The minimum atomic E-state index is 0.293. The van der Waals surface area contributed by atoms with Crippen LogP contribution in [0.25, 0.3) is 0 Å². The number of furan rings is 1. The Morgan fingerprint density at radius 3 is 2.56 bits per heavy atom. The van der Waals surface area contributed by atoms with E-state index in [0.29, 0.717) is 12.1 Å². The second kappa shape index (κ2) is 5.37. The molecule has 2 unspecified atom stereocenters. The molecule has 2 atom stereocenters. The largest absolute Gasteiger partial charge is 0.453 e. The summed E-state index contributed by atoms with van der Waals surface area (Å²) in [6, 6.07) is 4.86. The summed E-state index contributed by atoms with van der Waals surface area (Å²) in [6.45, 7) is 4.46. The van der Waals surface area contributed by atoms with Crippen LogP contribution in [0.15, 0.2) is 21.2 Å². The molecule has 2 nitrogen and oxygen atoms in total. The van der Waals surface area contributed by atoms with Crippen LogP contribution in [0.3, 0.4) is 0 Å². The molecule has 0 spiro atoms. The highest BCUT2D eigenvalue weighted by molar-refractivity contribution is 9.10. The Morgan fingerprint density at radius 2 is 2.00 bits per heavy atom. The highest BCUT2D eigenvalue weighted by atomic mass is 79.9. The summed E-state index contributed by atoms with van der Waals surface area (Å²) in [5.74, 6) is 1.86. The number of halogens is 1. The first-order valence-corrected chi connectivity index (χ1v) is 6.97. The first-order valence-electron chi connectivity index (χ1n) is 6.18. The van der Waals surface area contributed by atoms with E-state index in [0.717, 1.165) is 16.3 Å².